The van der Waals surface area contributed by atoms with Crippen LogP contribution in [0, 0.1) is 5.82 Å². The highest BCUT2D eigenvalue weighted by molar-refractivity contribution is 9.10. The molecule has 1 unspecified atom stereocenters. The van der Waals surface area contributed by atoms with Gasteiger partial charge in [0.25, 0.3) is 0 Å². The van der Waals surface area contributed by atoms with Crippen molar-refractivity contribution >= 4 is 38.4 Å². The fourth-order valence-electron chi connectivity index (χ4n) is 1.98. The van der Waals surface area contributed by atoms with E-state index in [-0.39, 0.29) is 23.3 Å². The third-order valence-corrected chi connectivity index (χ3v) is 5.52. The molecule has 108 valence electrons. The number of sulfonamides is 1. The van der Waals surface area contributed by atoms with Crippen LogP contribution in [0.15, 0.2) is 27.6 Å². The van der Waals surface area contributed by atoms with E-state index < -0.39 is 15.8 Å². The maximum Gasteiger partial charge on any atom is 0.246 e. The molecule has 8 heteroatoms. The molecule has 0 spiro atoms. The van der Waals surface area contributed by atoms with Gasteiger partial charge in [0.05, 0.1) is 0 Å². The van der Waals surface area contributed by atoms with Gasteiger partial charge in [0.2, 0.25) is 10.0 Å². The summed E-state index contributed by atoms with van der Waals surface area (Å²) in [5.41, 5.74) is 0. The quantitative estimate of drug-likeness (QED) is 0.881. The average Bonchev–Trinajstić information content (AvgIpc) is 2.84. The molecule has 1 heterocycles. The van der Waals surface area contributed by atoms with Crippen LogP contribution < -0.4 is 5.32 Å². The number of hydrogen-bond acceptors (Lipinski definition) is 3. The number of nitrogens with one attached hydrogen (secondary N) is 1. The Bertz CT molecular complexity index is 550. The summed E-state index contributed by atoms with van der Waals surface area (Å²) < 4.78 is 40.1. The summed E-state index contributed by atoms with van der Waals surface area (Å²) in [6.07, 6.45) is 0.741. The highest BCUT2D eigenvalue weighted by atomic mass is 79.9. The van der Waals surface area contributed by atoms with Gasteiger partial charge in [0, 0.05) is 24.1 Å². The summed E-state index contributed by atoms with van der Waals surface area (Å²) in [6.45, 7) is 1.39. The number of nitrogens with zero attached hydrogens (tertiary/aromatic N) is 1. The Morgan fingerprint density at radius 1 is 1.47 bits per heavy atom. The van der Waals surface area contributed by atoms with Gasteiger partial charge in [-0.15, -0.1) is 12.4 Å². The average molecular weight is 374 g/mol. The summed E-state index contributed by atoms with van der Waals surface area (Å²) in [5.74, 6) is -0.726. The minimum Gasteiger partial charge on any atom is -0.315 e. The highest BCUT2D eigenvalue weighted by Gasteiger charge is 2.31. The van der Waals surface area contributed by atoms with Gasteiger partial charge in [-0.25, -0.2) is 12.8 Å². The van der Waals surface area contributed by atoms with Crippen molar-refractivity contribution < 1.29 is 12.8 Å². The van der Waals surface area contributed by atoms with Crippen molar-refractivity contribution in [1.29, 1.82) is 0 Å². The van der Waals surface area contributed by atoms with Crippen LogP contribution in [0.3, 0.4) is 0 Å². The largest absolute Gasteiger partial charge is 0.315 e. The van der Waals surface area contributed by atoms with Crippen molar-refractivity contribution in [3.8, 4) is 0 Å². The Morgan fingerprint density at radius 3 is 2.74 bits per heavy atom. The Kier molecular flexibility index (Phi) is 5.76. The molecule has 0 radical (unpaired) electrons. The molecule has 2 rings (SSSR count). The Morgan fingerprint density at radius 2 is 2.16 bits per heavy atom. The van der Waals surface area contributed by atoms with Gasteiger partial charge in [-0.1, -0.05) is 15.9 Å². The molecule has 1 fully saturated rings. The van der Waals surface area contributed by atoms with E-state index in [1.54, 1.807) is 0 Å². The molecule has 4 nitrogen and oxygen atoms in total. The van der Waals surface area contributed by atoms with Crippen LogP contribution in [-0.4, -0.2) is 38.9 Å². The lowest BCUT2D eigenvalue weighted by atomic mass is 10.3. The van der Waals surface area contributed by atoms with E-state index in [9.17, 15) is 12.8 Å². The maximum absolute atomic E-state index is 13.7. The molecule has 1 aliphatic rings. The van der Waals surface area contributed by atoms with Crippen molar-refractivity contribution in [3.05, 3.63) is 28.5 Å². The van der Waals surface area contributed by atoms with Crippen LogP contribution >= 0.6 is 28.3 Å². The lowest BCUT2D eigenvalue weighted by Crippen LogP contribution is -2.38. The van der Waals surface area contributed by atoms with E-state index in [0.29, 0.717) is 11.0 Å². The third kappa shape index (κ3) is 3.46. The monoisotopic (exact) mass is 372 g/mol. The van der Waals surface area contributed by atoms with Crippen molar-refractivity contribution in [2.45, 2.75) is 17.4 Å². The van der Waals surface area contributed by atoms with Gasteiger partial charge in [0.1, 0.15) is 10.7 Å². The van der Waals surface area contributed by atoms with E-state index in [4.69, 9.17) is 0 Å². The minimum absolute atomic E-state index is 0. The molecule has 0 aliphatic carbocycles. The third-order valence-electron chi connectivity index (χ3n) is 3.10. The first-order chi connectivity index (χ1) is 8.43. The standard InChI is InChI=1S/C11H14BrFN2O2S.ClH/c1-15(9-4-5-14-7-9)18(16,17)11-6-8(12)2-3-10(11)13;/h2-3,6,9,14H,4-5,7H2,1H3;1H. The molecular formula is C11H15BrClFN2O2S. The van der Waals surface area contributed by atoms with Crippen molar-refractivity contribution in [1.82, 2.24) is 9.62 Å². The maximum atomic E-state index is 13.7. The molecule has 0 saturated carbocycles. The molecule has 1 aromatic carbocycles. The fourth-order valence-corrected chi connectivity index (χ4v) is 3.96. The van der Waals surface area contributed by atoms with E-state index in [2.05, 4.69) is 21.2 Å². The summed E-state index contributed by atoms with van der Waals surface area (Å²) in [6, 6.07) is 3.81. The van der Waals surface area contributed by atoms with Gasteiger partial charge in [-0.05, 0) is 31.2 Å². The van der Waals surface area contributed by atoms with Gasteiger partial charge in [0.15, 0.2) is 0 Å². The van der Waals surface area contributed by atoms with E-state index in [1.165, 1.54) is 23.5 Å². The molecule has 1 saturated heterocycles. The predicted octanol–water partition coefficient (Wildman–Crippen LogP) is 1.99. The molecule has 0 aromatic heterocycles. The topological polar surface area (TPSA) is 49.4 Å². The van der Waals surface area contributed by atoms with Crippen molar-refractivity contribution in [2.75, 3.05) is 20.1 Å². The number of halogens is 3. The second-order valence-corrected chi connectivity index (χ2v) is 7.12. The van der Waals surface area contributed by atoms with Crippen LogP contribution in [0.2, 0.25) is 0 Å². The molecule has 0 amide bonds. The van der Waals surface area contributed by atoms with Crippen molar-refractivity contribution in [2.24, 2.45) is 0 Å². The Balaban J connectivity index is 0.00000180. The normalized spacial score (nSPS) is 19.5. The zero-order chi connectivity index (χ0) is 13.3. The van der Waals surface area contributed by atoms with Crippen molar-refractivity contribution in [3.63, 3.8) is 0 Å². The molecule has 1 atom stereocenters. The number of likely N-dealkylation sites (N-methyl/N-ethyl adjacent to an activating group) is 1. The highest BCUT2D eigenvalue weighted by Crippen LogP contribution is 2.24. The second kappa shape index (κ2) is 6.49. The second-order valence-electron chi connectivity index (χ2n) is 4.24. The Hall–Kier alpha value is -0.210. The van der Waals surface area contributed by atoms with Crippen LogP contribution in [0.4, 0.5) is 4.39 Å². The van der Waals surface area contributed by atoms with Crippen LogP contribution in [-0.2, 0) is 10.0 Å². The number of benzene rings is 1. The van der Waals surface area contributed by atoms with Crippen LogP contribution in [0.25, 0.3) is 0 Å². The summed E-state index contributed by atoms with van der Waals surface area (Å²) in [4.78, 5) is -0.286. The summed E-state index contributed by atoms with van der Waals surface area (Å²) in [5, 5.41) is 3.09. The van der Waals surface area contributed by atoms with Gasteiger partial charge in [-0.2, -0.15) is 4.31 Å². The first-order valence-electron chi connectivity index (χ1n) is 5.57. The summed E-state index contributed by atoms with van der Waals surface area (Å²) in [7, 11) is -2.29. The molecule has 19 heavy (non-hydrogen) atoms. The van der Waals surface area contributed by atoms with E-state index in [0.717, 1.165) is 19.0 Å². The lowest BCUT2D eigenvalue weighted by molar-refractivity contribution is 0.385. The smallest absolute Gasteiger partial charge is 0.246 e. The van der Waals surface area contributed by atoms with Crippen LogP contribution in [0.5, 0.6) is 0 Å². The zero-order valence-corrected chi connectivity index (χ0v) is 13.5. The lowest BCUT2D eigenvalue weighted by Gasteiger charge is -2.23. The first-order valence-corrected chi connectivity index (χ1v) is 7.80. The summed E-state index contributed by atoms with van der Waals surface area (Å²) >= 11 is 3.16. The van der Waals surface area contributed by atoms with Gasteiger partial charge in [-0.3, -0.25) is 0 Å². The fraction of sp³-hybridized carbons (Fsp3) is 0.455. The number of hydrogen-bond donors (Lipinski definition) is 1. The van der Waals surface area contributed by atoms with E-state index in [1.807, 2.05) is 0 Å². The molecule has 1 N–H and O–H groups in total. The minimum atomic E-state index is -3.79. The molecule has 1 aromatic rings. The number of rotatable bonds is 3. The SMILES string of the molecule is CN(C1CCNC1)S(=O)(=O)c1cc(Br)ccc1F.Cl. The van der Waals surface area contributed by atoms with E-state index >= 15 is 0 Å². The zero-order valence-electron chi connectivity index (χ0n) is 10.3. The van der Waals surface area contributed by atoms with Gasteiger partial charge < -0.3 is 5.32 Å². The first kappa shape index (κ1) is 16.8. The predicted molar refractivity (Wildman–Crippen MR) is 77.6 cm³/mol. The van der Waals surface area contributed by atoms with Crippen LogP contribution in [0.1, 0.15) is 6.42 Å². The molecule has 1 aliphatic heterocycles. The van der Waals surface area contributed by atoms with Gasteiger partial charge >= 0.3 is 0 Å². The Labute approximate surface area is 127 Å². The molecule has 0 bridgehead atoms. The molecular weight excluding hydrogens is 359 g/mol.